The molecule has 0 aromatic heterocycles. The second kappa shape index (κ2) is 10.2. The minimum atomic E-state index is -3.68. The Kier molecular flexibility index (Phi) is 7.11. The SMILES string of the molecule is Cc1cccc(CN2CCC(C(=O)Nc3ccc(S(=O)(=O)Nc4ccccc4)cc3)CC2)c1. The van der Waals surface area contributed by atoms with E-state index in [1.54, 1.807) is 36.4 Å². The lowest BCUT2D eigenvalue weighted by Gasteiger charge is -2.31. The Morgan fingerprint density at radius 2 is 1.61 bits per heavy atom. The van der Waals surface area contributed by atoms with Crippen molar-refractivity contribution in [2.45, 2.75) is 31.2 Å². The van der Waals surface area contributed by atoms with Crippen molar-refractivity contribution in [1.82, 2.24) is 4.90 Å². The smallest absolute Gasteiger partial charge is 0.261 e. The lowest BCUT2D eigenvalue weighted by Crippen LogP contribution is -2.37. The lowest BCUT2D eigenvalue weighted by atomic mass is 9.95. The number of carbonyl (C=O) groups is 1. The van der Waals surface area contributed by atoms with Crippen LogP contribution < -0.4 is 10.0 Å². The molecule has 3 aromatic rings. The zero-order valence-electron chi connectivity index (χ0n) is 18.7. The maximum absolute atomic E-state index is 12.7. The number of hydrogen-bond donors (Lipinski definition) is 2. The molecular weight excluding hydrogens is 434 g/mol. The molecule has 0 aliphatic carbocycles. The van der Waals surface area contributed by atoms with Gasteiger partial charge in [-0.15, -0.1) is 0 Å². The van der Waals surface area contributed by atoms with Gasteiger partial charge in [0, 0.05) is 23.8 Å². The van der Waals surface area contributed by atoms with E-state index in [0.29, 0.717) is 11.4 Å². The van der Waals surface area contributed by atoms with Crippen LogP contribution in [-0.4, -0.2) is 32.3 Å². The summed E-state index contributed by atoms with van der Waals surface area (Å²) in [5, 5.41) is 2.94. The molecule has 0 saturated carbocycles. The topological polar surface area (TPSA) is 78.5 Å². The van der Waals surface area contributed by atoms with Gasteiger partial charge >= 0.3 is 0 Å². The third kappa shape index (κ3) is 6.21. The zero-order chi connectivity index (χ0) is 23.3. The number of likely N-dealkylation sites (tertiary alicyclic amines) is 1. The summed E-state index contributed by atoms with van der Waals surface area (Å²) in [5.41, 5.74) is 3.66. The third-order valence-electron chi connectivity index (χ3n) is 5.91. The van der Waals surface area contributed by atoms with Gasteiger partial charge in [-0.3, -0.25) is 14.4 Å². The predicted octanol–water partition coefficient (Wildman–Crippen LogP) is 4.65. The number of nitrogens with zero attached hydrogens (tertiary/aromatic N) is 1. The molecule has 4 rings (SSSR count). The highest BCUT2D eigenvalue weighted by Crippen LogP contribution is 2.23. The molecule has 0 bridgehead atoms. The van der Waals surface area contributed by atoms with Gasteiger partial charge in [0.25, 0.3) is 10.0 Å². The van der Waals surface area contributed by atoms with E-state index in [-0.39, 0.29) is 16.7 Å². The molecule has 1 heterocycles. The molecule has 7 heteroatoms. The van der Waals surface area contributed by atoms with Crippen LogP contribution in [0.1, 0.15) is 24.0 Å². The minimum Gasteiger partial charge on any atom is -0.326 e. The number of aryl methyl sites for hydroxylation is 1. The van der Waals surface area contributed by atoms with Crippen LogP contribution in [0.5, 0.6) is 0 Å². The monoisotopic (exact) mass is 463 g/mol. The summed E-state index contributed by atoms with van der Waals surface area (Å²) in [7, 11) is -3.68. The van der Waals surface area contributed by atoms with Crippen molar-refractivity contribution >= 4 is 27.3 Å². The first-order chi connectivity index (χ1) is 15.9. The summed E-state index contributed by atoms with van der Waals surface area (Å²) < 4.78 is 27.7. The lowest BCUT2D eigenvalue weighted by molar-refractivity contribution is -0.121. The molecule has 0 unspecified atom stereocenters. The van der Waals surface area contributed by atoms with E-state index in [4.69, 9.17) is 0 Å². The molecule has 1 fully saturated rings. The van der Waals surface area contributed by atoms with E-state index in [9.17, 15) is 13.2 Å². The first-order valence-electron chi connectivity index (χ1n) is 11.2. The molecule has 1 aliphatic rings. The van der Waals surface area contributed by atoms with Crippen molar-refractivity contribution in [2.75, 3.05) is 23.1 Å². The predicted molar refractivity (Wildman–Crippen MR) is 132 cm³/mol. The number of carbonyl (C=O) groups excluding carboxylic acids is 1. The maximum atomic E-state index is 12.7. The summed E-state index contributed by atoms with van der Waals surface area (Å²) in [6.45, 7) is 4.77. The van der Waals surface area contributed by atoms with Crippen LogP contribution in [-0.2, 0) is 21.4 Å². The quantitative estimate of drug-likeness (QED) is 0.535. The highest BCUT2D eigenvalue weighted by molar-refractivity contribution is 7.92. The van der Waals surface area contributed by atoms with Crippen molar-refractivity contribution in [3.8, 4) is 0 Å². The molecule has 0 atom stereocenters. The fraction of sp³-hybridized carbons (Fsp3) is 0.269. The van der Waals surface area contributed by atoms with Crippen molar-refractivity contribution < 1.29 is 13.2 Å². The first kappa shape index (κ1) is 23.0. The van der Waals surface area contributed by atoms with Gasteiger partial charge in [0.05, 0.1) is 4.90 Å². The summed E-state index contributed by atoms with van der Waals surface area (Å²) in [5.74, 6) is -0.0508. The van der Waals surface area contributed by atoms with Gasteiger partial charge in [-0.2, -0.15) is 0 Å². The normalized spacial score (nSPS) is 15.2. The molecule has 1 amide bonds. The molecule has 1 aliphatic heterocycles. The number of rotatable bonds is 7. The number of benzene rings is 3. The molecule has 0 radical (unpaired) electrons. The average Bonchev–Trinajstić information content (AvgIpc) is 2.80. The Bertz CT molecular complexity index is 1190. The van der Waals surface area contributed by atoms with E-state index < -0.39 is 10.0 Å². The van der Waals surface area contributed by atoms with Crippen LogP contribution in [0.15, 0.2) is 83.8 Å². The molecule has 0 spiro atoms. The minimum absolute atomic E-state index is 0.0109. The summed E-state index contributed by atoms with van der Waals surface area (Å²) >= 11 is 0. The van der Waals surface area contributed by atoms with Crippen LogP contribution >= 0.6 is 0 Å². The molecule has 2 N–H and O–H groups in total. The Morgan fingerprint density at radius 3 is 2.27 bits per heavy atom. The Hall–Kier alpha value is -3.16. The molecule has 172 valence electrons. The van der Waals surface area contributed by atoms with Gasteiger partial charge in [-0.1, -0.05) is 48.0 Å². The number of para-hydroxylation sites is 1. The largest absolute Gasteiger partial charge is 0.326 e. The molecule has 1 saturated heterocycles. The molecule has 6 nitrogen and oxygen atoms in total. The fourth-order valence-electron chi connectivity index (χ4n) is 4.10. The van der Waals surface area contributed by atoms with E-state index in [2.05, 4.69) is 46.1 Å². The van der Waals surface area contributed by atoms with Gasteiger partial charge in [-0.25, -0.2) is 8.42 Å². The van der Waals surface area contributed by atoms with E-state index >= 15 is 0 Å². The van der Waals surface area contributed by atoms with Gasteiger partial charge in [0.15, 0.2) is 0 Å². The number of nitrogens with one attached hydrogen (secondary N) is 2. The van der Waals surface area contributed by atoms with Crippen LogP contribution in [0, 0.1) is 12.8 Å². The zero-order valence-corrected chi connectivity index (χ0v) is 19.5. The summed E-state index contributed by atoms with van der Waals surface area (Å²) in [6, 6.07) is 23.5. The molecular formula is C26H29N3O3S. The third-order valence-corrected chi connectivity index (χ3v) is 7.30. The van der Waals surface area contributed by atoms with E-state index in [1.807, 2.05) is 6.07 Å². The van der Waals surface area contributed by atoms with Gasteiger partial charge in [0.1, 0.15) is 0 Å². The van der Waals surface area contributed by atoms with Gasteiger partial charge in [0.2, 0.25) is 5.91 Å². The van der Waals surface area contributed by atoms with Crippen LogP contribution in [0.3, 0.4) is 0 Å². The fourth-order valence-corrected chi connectivity index (χ4v) is 5.16. The maximum Gasteiger partial charge on any atom is 0.261 e. The number of anilines is 2. The van der Waals surface area contributed by atoms with Gasteiger partial charge in [-0.05, 0) is 74.8 Å². The first-order valence-corrected chi connectivity index (χ1v) is 12.6. The van der Waals surface area contributed by atoms with Crippen molar-refractivity contribution in [3.05, 3.63) is 90.0 Å². The average molecular weight is 464 g/mol. The summed E-state index contributed by atoms with van der Waals surface area (Å²) in [6.07, 6.45) is 1.62. The Balaban J connectivity index is 1.29. The van der Waals surface area contributed by atoms with Gasteiger partial charge < -0.3 is 5.32 Å². The standard InChI is InChI=1S/C26H29N3O3S/c1-20-6-5-7-21(18-20)19-29-16-14-22(15-17-29)26(30)27-23-10-12-25(13-11-23)33(31,32)28-24-8-3-2-4-9-24/h2-13,18,22,28H,14-17,19H2,1H3,(H,27,30). The van der Waals surface area contributed by atoms with E-state index in [1.165, 1.54) is 23.3 Å². The van der Waals surface area contributed by atoms with E-state index in [0.717, 1.165) is 32.5 Å². The summed E-state index contributed by atoms with van der Waals surface area (Å²) in [4.78, 5) is 15.3. The number of sulfonamides is 1. The second-order valence-electron chi connectivity index (χ2n) is 8.52. The van der Waals surface area contributed by atoms with Crippen molar-refractivity contribution in [3.63, 3.8) is 0 Å². The van der Waals surface area contributed by atoms with Crippen LogP contribution in [0.4, 0.5) is 11.4 Å². The van der Waals surface area contributed by atoms with Crippen LogP contribution in [0.25, 0.3) is 0 Å². The highest BCUT2D eigenvalue weighted by Gasteiger charge is 2.25. The Morgan fingerprint density at radius 1 is 0.909 bits per heavy atom. The second-order valence-corrected chi connectivity index (χ2v) is 10.2. The number of piperidine rings is 1. The number of hydrogen-bond acceptors (Lipinski definition) is 4. The van der Waals surface area contributed by atoms with Crippen LogP contribution in [0.2, 0.25) is 0 Å². The van der Waals surface area contributed by atoms with Crippen molar-refractivity contribution in [2.24, 2.45) is 5.92 Å². The molecule has 33 heavy (non-hydrogen) atoms. The Labute approximate surface area is 195 Å². The van der Waals surface area contributed by atoms with Crippen molar-refractivity contribution in [1.29, 1.82) is 0 Å². The number of amides is 1. The molecule has 3 aromatic carbocycles. The highest BCUT2D eigenvalue weighted by atomic mass is 32.2.